The second-order valence-electron chi connectivity index (χ2n) is 7.42. The largest absolute Gasteiger partial charge is 0.424 e. The third-order valence-corrected chi connectivity index (χ3v) is 5.60. The second kappa shape index (κ2) is 7.36. The summed E-state index contributed by atoms with van der Waals surface area (Å²) in [5.41, 5.74) is 9.01. The first-order valence-corrected chi connectivity index (χ1v) is 10.2. The minimum atomic E-state index is -0.399. The number of anilines is 1. The van der Waals surface area contributed by atoms with E-state index in [2.05, 4.69) is 9.97 Å². The van der Waals surface area contributed by atoms with Crippen LogP contribution in [0.2, 0.25) is 0 Å². The molecule has 1 unspecified atom stereocenters. The minimum Gasteiger partial charge on any atom is -0.424 e. The summed E-state index contributed by atoms with van der Waals surface area (Å²) in [5.74, 6) is 0.919. The van der Waals surface area contributed by atoms with Crippen LogP contribution < -0.4 is 11.4 Å². The molecule has 0 bridgehead atoms. The van der Waals surface area contributed by atoms with Crippen LogP contribution >= 0.6 is 0 Å². The van der Waals surface area contributed by atoms with E-state index in [0.717, 1.165) is 27.6 Å². The Hall–Kier alpha value is -4.00. The molecule has 5 rings (SSSR count). The van der Waals surface area contributed by atoms with Crippen LogP contribution in [0.1, 0.15) is 31.3 Å². The smallest absolute Gasteiger partial charge is 0.343 e. The Morgan fingerprint density at radius 2 is 1.74 bits per heavy atom. The molecule has 0 fully saturated rings. The fourth-order valence-corrected chi connectivity index (χ4v) is 4.11. The number of nitrogens with zero attached hydrogens (tertiary/aromatic N) is 4. The first kappa shape index (κ1) is 19.0. The quantitative estimate of drug-likeness (QED) is 0.472. The molecular formula is C24H21N5O2. The molecule has 0 spiro atoms. The number of hydrogen-bond donors (Lipinski definition) is 1. The van der Waals surface area contributed by atoms with E-state index < -0.39 is 6.04 Å². The van der Waals surface area contributed by atoms with Crippen molar-refractivity contribution >= 4 is 27.6 Å². The summed E-state index contributed by atoms with van der Waals surface area (Å²) in [4.78, 5) is 21.4. The number of fused-ring (bicyclic) bond motifs is 2. The average molecular weight is 411 g/mol. The van der Waals surface area contributed by atoms with E-state index in [9.17, 15) is 4.79 Å². The molecule has 3 aromatic heterocycles. The van der Waals surface area contributed by atoms with Crippen molar-refractivity contribution in [2.45, 2.75) is 26.3 Å². The molecule has 31 heavy (non-hydrogen) atoms. The van der Waals surface area contributed by atoms with E-state index in [1.54, 1.807) is 10.7 Å². The van der Waals surface area contributed by atoms with E-state index in [-0.39, 0.29) is 5.63 Å². The number of nitrogen functional groups attached to an aromatic ring is 1. The van der Waals surface area contributed by atoms with Crippen LogP contribution in [-0.4, -0.2) is 19.7 Å². The summed E-state index contributed by atoms with van der Waals surface area (Å²) in [6, 6.07) is 17.0. The monoisotopic (exact) mass is 411 g/mol. The number of nitrogens with two attached hydrogens (primary N) is 1. The van der Waals surface area contributed by atoms with Gasteiger partial charge in [-0.3, -0.25) is 0 Å². The van der Waals surface area contributed by atoms with Crippen molar-refractivity contribution in [1.29, 1.82) is 0 Å². The summed E-state index contributed by atoms with van der Waals surface area (Å²) in [6.07, 6.45) is 2.11. The minimum absolute atomic E-state index is 0.376. The molecule has 0 aliphatic rings. The van der Waals surface area contributed by atoms with E-state index >= 15 is 0 Å². The van der Waals surface area contributed by atoms with Gasteiger partial charge in [0.05, 0.1) is 16.5 Å². The molecule has 0 radical (unpaired) electrons. The van der Waals surface area contributed by atoms with Gasteiger partial charge in [0, 0.05) is 10.9 Å². The molecule has 1 atom stereocenters. The molecule has 2 N–H and O–H groups in total. The zero-order valence-corrected chi connectivity index (χ0v) is 17.2. The van der Waals surface area contributed by atoms with E-state index in [1.807, 2.05) is 62.4 Å². The van der Waals surface area contributed by atoms with Gasteiger partial charge < -0.3 is 10.2 Å². The van der Waals surface area contributed by atoms with Gasteiger partial charge in [0.2, 0.25) is 0 Å². The van der Waals surface area contributed by atoms with Crippen LogP contribution in [-0.2, 0) is 6.42 Å². The molecule has 2 aromatic carbocycles. The van der Waals surface area contributed by atoms with E-state index in [4.69, 9.17) is 15.2 Å². The fraction of sp³-hybridized carbons (Fsp3) is 0.167. The lowest BCUT2D eigenvalue weighted by molar-refractivity contribution is 0.404. The molecule has 5 aromatic rings. The number of hydrogen-bond acceptors (Lipinski definition) is 6. The zero-order valence-electron chi connectivity index (χ0n) is 17.2. The highest BCUT2D eigenvalue weighted by Crippen LogP contribution is 2.36. The normalized spacial score (nSPS) is 12.5. The lowest BCUT2D eigenvalue weighted by Crippen LogP contribution is -2.14. The summed E-state index contributed by atoms with van der Waals surface area (Å²) in [5, 5.41) is 6.88. The van der Waals surface area contributed by atoms with Crippen LogP contribution in [0.4, 0.5) is 5.82 Å². The molecule has 154 valence electrons. The van der Waals surface area contributed by atoms with Crippen LogP contribution in [0.3, 0.4) is 0 Å². The van der Waals surface area contributed by atoms with Gasteiger partial charge in [0.25, 0.3) is 0 Å². The van der Waals surface area contributed by atoms with Crippen molar-refractivity contribution in [1.82, 2.24) is 19.7 Å². The second-order valence-corrected chi connectivity index (χ2v) is 7.42. The zero-order chi connectivity index (χ0) is 21.5. The van der Waals surface area contributed by atoms with Crippen LogP contribution in [0.15, 0.2) is 70.1 Å². The molecule has 0 saturated carbocycles. The maximum Gasteiger partial charge on any atom is 0.343 e. The summed E-state index contributed by atoms with van der Waals surface area (Å²) in [6.45, 7) is 3.96. The maximum atomic E-state index is 12.9. The summed E-state index contributed by atoms with van der Waals surface area (Å²) >= 11 is 0. The SMILES string of the molecule is CCc1nn(C(C)c2oc(=O)c3ccccc3c2-c2ccccc2)c2ncnc(N)c12. The van der Waals surface area contributed by atoms with Crippen molar-refractivity contribution in [2.75, 3.05) is 5.73 Å². The van der Waals surface area contributed by atoms with Gasteiger partial charge in [-0.1, -0.05) is 55.5 Å². The van der Waals surface area contributed by atoms with E-state index in [1.165, 1.54) is 6.33 Å². The Morgan fingerprint density at radius 3 is 2.48 bits per heavy atom. The fourth-order valence-electron chi connectivity index (χ4n) is 4.11. The highest BCUT2D eigenvalue weighted by molar-refractivity contribution is 5.97. The maximum absolute atomic E-state index is 12.9. The van der Waals surface area contributed by atoms with Gasteiger partial charge >= 0.3 is 5.63 Å². The molecule has 7 nitrogen and oxygen atoms in total. The van der Waals surface area contributed by atoms with E-state index in [0.29, 0.717) is 29.0 Å². The molecular weight excluding hydrogens is 390 g/mol. The standard InChI is InChI=1S/C24H21N5O2/c1-3-18-20-22(25)26-13-27-23(20)29(28-18)14(2)21-19(15-9-5-4-6-10-15)16-11-7-8-12-17(16)24(30)31-21/h4-14H,3H2,1-2H3,(H2,25,26,27). The van der Waals surface area contributed by atoms with Gasteiger partial charge in [-0.15, -0.1) is 0 Å². The predicted molar refractivity (Wildman–Crippen MR) is 121 cm³/mol. The third-order valence-electron chi connectivity index (χ3n) is 5.60. The first-order valence-electron chi connectivity index (χ1n) is 10.2. The number of benzene rings is 2. The topological polar surface area (TPSA) is 99.8 Å². The van der Waals surface area contributed by atoms with Gasteiger partial charge in [0.15, 0.2) is 5.65 Å². The van der Waals surface area contributed by atoms with Gasteiger partial charge in [-0.05, 0) is 25.0 Å². The number of rotatable bonds is 4. The molecule has 3 heterocycles. The average Bonchev–Trinajstić information content (AvgIpc) is 3.19. The Bertz CT molecular complexity index is 1470. The highest BCUT2D eigenvalue weighted by atomic mass is 16.4. The van der Waals surface area contributed by atoms with Crippen molar-refractivity contribution in [3.8, 4) is 11.1 Å². The summed E-state index contributed by atoms with van der Waals surface area (Å²) < 4.78 is 7.69. The Morgan fingerprint density at radius 1 is 1.03 bits per heavy atom. The van der Waals surface area contributed by atoms with Crippen LogP contribution in [0.25, 0.3) is 32.9 Å². The van der Waals surface area contributed by atoms with Crippen molar-refractivity contribution < 1.29 is 4.42 Å². The summed E-state index contributed by atoms with van der Waals surface area (Å²) in [7, 11) is 0. The van der Waals surface area contributed by atoms with Gasteiger partial charge in [-0.2, -0.15) is 5.10 Å². The lowest BCUT2D eigenvalue weighted by Gasteiger charge is -2.18. The third kappa shape index (κ3) is 2.97. The molecule has 0 amide bonds. The van der Waals surface area contributed by atoms with Crippen molar-refractivity contribution in [3.05, 3.63) is 82.8 Å². The first-order chi connectivity index (χ1) is 15.1. The number of aromatic nitrogens is 4. The Balaban J connectivity index is 1.83. The lowest BCUT2D eigenvalue weighted by atomic mass is 9.96. The Kier molecular flexibility index (Phi) is 4.51. The van der Waals surface area contributed by atoms with Crippen LogP contribution in [0, 0.1) is 0 Å². The molecule has 0 saturated heterocycles. The number of aryl methyl sites for hydroxylation is 1. The van der Waals surface area contributed by atoms with Crippen LogP contribution in [0.5, 0.6) is 0 Å². The van der Waals surface area contributed by atoms with Gasteiger partial charge in [-0.25, -0.2) is 19.4 Å². The molecule has 7 heteroatoms. The highest BCUT2D eigenvalue weighted by Gasteiger charge is 2.25. The van der Waals surface area contributed by atoms with Crippen molar-refractivity contribution in [3.63, 3.8) is 0 Å². The Labute approximate surface area is 178 Å². The molecule has 0 aliphatic heterocycles. The van der Waals surface area contributed by atoms with Gasteiger partial charge in [0.1, 0.15) is 23.9 Å². The molecule has 0 aliphatic carbocycles. The van der Waals surface area contributed by atoms with Crippen molar-refractivity contribution in [2.24, 2.45) is 0 Å². The predicted octanol–water partition coefficient (Wildman–Crippen LogP) is 4.35.